The molecule has 4 aliphatic carbocycles. The summed E-state index contributed by atoms with van der Waals surface area (Å²) < 4.78 is 5.72. The minimum atomic E-state index is -0.522. The average molecular weight is 485 g/mol. The number of aliphatic hydroxyl groups excluding tert-OH is 2. The summed E-state index contributed by atoms with van der Waals surface area (Å²) in [6, 6.07) is 0. The molecule has 1 unspecified atom stereocenters. The fourth-order valence-corrected chi connectivity index (χ4v) is 8.78. The maximum Gasteiger partial charge on any atom is 0.293 e. The fourth-order valence-electron chi connectivity index (χ4n) is 8.78. The van der Waals surface area contributed by atoms with Crippen molar-refractivity contribution in [2.45, 2.75) is 112 Å². The predicted octanol–water partition coefficient (Wildman–Crippen LogP) is 6.38. The second kappa shape index (κ2) is 8.87. The highest BCUT2D eigenvalue weighted by Crippen LogP contribution is 2.71. The van der Waals surface area contributed by atoms with Crippen LogP contribution in [0.4, 0.5) is 0 Å². The van der Waals surface area contributed by atoms with Gasteiger partial charge < -0.3 is 14.9 Å². The summed E-state index contributed by atoms with van der Waals surface area (Å²) in [7, 11) is 0. The second-order valence-corrected chi connectivity index (χ2v) is 13.7. The molecule has 2 N–H and O–H groups in total. The van der Waals surface area contributed by atoms with Crippen LogP contribution in [0, 0.1) is 39.4 Å². The van der Waals surface area contributed by atoms with E-state index < -0.39 is 6.10 Å². The first-order chi connectivity index (χ1) is 16.2. The quantitative estimate of drug-likeness (QED) is 0.325. The lowest BCUT2D eigenvalue weighted by molar-refractivity contribution is -0.143. The summed E-state index contributed by atoms with van der Waals surface area (Å²) in [5.41, 5.74) is 3.52. The molecule has 0 radical (unpaired) electrons. The second-order valence-electron chi connectivity index (χ2n) is 13.7. The van der Waals surface area contributed by atoms with Gasteiger partial charge in [0.1, 0.15) is 6.10 Å². The van der Waals surface area contributed by atoms with Gasteiger partial charge in [-0.05, 0) is 84.2 Å². The lowest BCUT2D eigenvalue weighted by Gasteiger charge is -2.60. The number of allylic oxidation sites excluding steroid dienone is 5. The highest BCUT2D eigenvalue weighted by molar-refractivity contribution is 5.50. The van der Waals surface area contributed by atoms with E-state index in [0.717, 1.165) is 37.7 Å². The van der Waals surface area contributed by atoms with Crippen LogP contribution in [0.3, 0.4) is 0 Å². The molecule has 0 amide bonds. The number of ether oxygens (including phenoxy) is 1. The summed E-state index contributed by atoms with van der Waals surface area (Å²) in [5.74, 6) is 0.671. The Hall–Kier alpha value is -1.39. The molecule has 8 atom stereocenters. The number of hydrogen-bond acceptors (Lipinski definition) is 4. The van der Waals surface area contributed by atoms with E-state index in [-0.39, 0.29) is 39.8 Å². The Morgan fingerprint density at radius 1 is 1.17 bits per heavy atom. The zero-order valence-electron chi connectivity index (χ0n) is 23.1. The lowest BCUT2D eigenvalue weighted by atomic mass is 9.44. The molecule has 2 fully saturated rings. The smallest absolute Gasteiger partial charge is 0.293 e. The molecular formula is C31H48O4. The summed E-state index contributed by atoms with van der Waals surface area (Å²) >= 11 is 0. The minimum Gasteiger partial charge on any atom is -0.464 e. The average Bonchev–Trinajstić information content (AvgIpc) is 2.99. The Bertz CT molecular complexity index is 928. The molecule has 0 aliphatic heterocycles. The molecule has 0 aromatic heterocycles. The molecule has 0 saturated heterocycles. The molecule has 2 saturated carbocycles. The van der Waals surface area contributed by atoms with Crippen molar-refractivity contribution in [3.8, 4) is 0 Å². The van der Waals surface area contributed by atoms with Gasteiger partial charge in [0.2, 0.25) is 0 Å². The Morgan fingerprint density at radius 3 is 2.49 bits per heavy atom. The van der Waals surface area contributed by atoms with Crippen molar-refractivity contribution in [1.29, 1.82) is 0 Å². The van der Waals surface area contributed by atoms with Crippen LogP contribution in [0.5, 0.6) is 0 Å². The van der Waals surface area contributed by atoms with Gasteiger partial charge in [0.15, 0.2) is 0 Å². The molecule has 0 spiro atoms. The SMILES string of the molecule is C=C(CCC(OC=O)[C@H]1[C@H](O)C[C@@]2(C)C3=CC[C@H]4C(C)(C)[C@@H](O)CC[C@]4(C)C3=CC[C@]12C)C(C)C. The van der Waals surface area contributed by atoms with E-state index in [4.69, 9.17) is 4.74 Å². The molecule has 0 aromatic rings. The van der Waals surface area contributed by atoms with Gasteiger partial charge in [-0.2, -0.15) is 0 Å². The Balaban J connectivity index is 1.71. The maximum absolute atomic E-state index is 11.5. The zero-order valence-corrected chi connectivity index (χ0v) is 23.1. The highest BCUT2D eigenvalue weighted by atomic mass is 16.5. The minimum absolute atomic E-state index is 0.0356. The molecule has 4 aliphatic rings. The van der Waals surface area contributed by atoms with Gasteiger partial charge in [-0.15, -0.1) is 0 Å². The van der Waals surface area contributed by atoms with Gasteiger partial charge in [0, 0.05) is 11.3 Å². The monoisotopic (exact) mass is 484 g/mol. The first-order valence-corrected chi connectivity index (χ1v) is 13.8. The highest BCUT2D eigenvalue weighted by Gasteiger charge is 2.66. The topological polar surface area (TPSA) is 66.8 Å². The van der Waals surface area contributed by atoms with Crippen molar-refractivity contribution >= 4 is 6.47 Å². The number of fused-ring (bicyclic) bond motifs is 5. The van der Waals surface area contributed by atoms with Crippen LogP contribution >= 0.6 is 0 Å². The van der Waals surface area contributed by atoms with Crippen molar-refractivity contribution in [3.63, 3.8) is 0 Å². The van der Waals surface area contributed by atoms with E-state index >= 15 is 0 Å². The first-order valence-electron chi connectivity index (χ1n) is 13.8. The Kier molecular flexibility index (Phi) is 6.76. The Labute approximate surface area is 212 Å². The van der Waals surface area contributed by atoms with E-state index in [2.05, 4.69) is 67.2 Å². The number of carbonyl (C=O) groups excluding carboxylic acids is 1. The van der Waals surface area contributed by atoms with Gasteiger partial charge in [0.05, 0.1) is 12.2 Å². The first kappa shape index (κ1) is 26.7. The van der Waals surface area contributed by atoms with E-state index in [1.807, 2.05) is 0 Å². The molecule has 4 rings (SSSR count). The van der Waals surface area contributed by atoms with Gasteiger partial charge in [-0.1, -0.05) is 72.8 Å². The molecule has 196 valence electrons. The van der Waals surface area contributed by atoms with Crippen LogP contribution in [0.15, 0.2) is 35.5 Å². The molecule has 4 heteroatoms. The zero-order chi connectivity index (χ0) is 26.0. The third-order valence-corrected chi connectivity index (χ3v) is 11.5. The predicted molar refractivity (Wildman–Crippen MR) is 140 cm³/mol. The number of aliphatic hydroxyl groups is 2. The van der Waals surface area contributed by atoms with Crippen molar-refractivity contribution in [3.05, 3.63) is 35.5 Å². The van der Waals surface area contributed by atoms with Gasteiger partial charge >= 0.3 is 0 Å². The van der Waals surface area contributed by atoms with Crippen molar-refractivity contribution in [2.75, 3.05) is 0 Å². The summed E-state index contributed by atoms with van der Waals surface area (Å²) in [5, 5.41) is 22.3. The van der Waals surface area contributed by atoms with Gasteiger partial charge in [0.25, 0.3) is 6.47 Å². The largest absolute Gasteiger partial charge is 0.464 e. The number of rotatable bonds is 7. The van der Waals surface area contributed by atoms with Crippen LogP contribution in [0.2, 0.25) is 0 Å². The van der Waals surface area contributed by atoms with Crippen LogP contribution in [0.1, 0.15) is 93.4 Å². The summed E-state index contributed by atoms with van der Waals surface area (Å²) in [6.45, 7) is 20.6. The van der Waals surface area contributed by atoms with E-state index in [9.17, 15) is 15.0 Å². The molecule has 0 bridgehead atoms. The molecule has 0 aromatic carbocycles. The van der Waals surface area contributed by atoms with Crippen LogP contribution < -0.4 is 0 Å². The standard InChI is InChI=1S/C31H48O4/c1-19(2)20(3)9-11-24(35-18-32)27-23(33)17-31(8)22-10-12-25-28(4,5)26(34)14-15-29(25,6)21(22)13-16-30(27,31)7/h10,13,18-19,23-27,33-34H,3,9,11-12,14-17H2,1-2,4-8H3/t23-,24?,25+,26+,27-,29-,30-,31+/m1/s1. The maximum atomic E-state index is 11.5. The Morgan fingerprint density at radius 2 is 1.86 bits per heavy atom. The summed E-state index contributed by atoms with van der Waals surface area (Å²) in [6.07, 6.45) is 9.62. The van der Waals surface area contributed by atoms with Crippen LogP contribution in [-0.2, 0) is 9.53 Å². The van der Waals surface area contributed by atoms with Crippen molar-refractivity contribution < 1.29 is 19.7 Å². The van der Waals surface area contributed by atoms with Crippen molar-refractivity contribution in [2.24, 2.45) is 39.4 Å². The lowest BCUT2D eigenvalue weighted by Crippen LogP contribution is -2.54. The van der Waals surface area contributed by atoms with Crippen LogP contribution in [-0.4, -0.2) is 35.0 Å². The molecule has 35 heavy (non-hydrogen) atoms. The van der Waals surface area contributed by atoms with Crippen LogP contribution in [0.25, 0.3) is 0 Å². The number of hydrogen-bond donors (Lipinski definition) is 2. The van der Waals surface area contributed by atoms with E-state index in [1.165, 1.54) is 11.1 Å². The van der Waals surface area contributed by atoms with Gasteiger partial charge in [-0.25, -0.2) is 0 Å². The van der Waals surface area contributed by atoms with Gasteiger partial charge in [-0.3, -0.25) is 4.79 Å². The normalized spacial score (nSPS) is 42.8. The third-order valence-electron chi connectivity index (χ3n) is 11.5. The molecule has 4 nitrogen and oxygen atoms in total. The van der Waals surface area contributed by atoms with E-state index in [0.29, 0.717) is 31.1 Å². The molecule has 0 heterocycles. The van der Waals surface area contributed by atoms with E-state index in [1.54, 1.807) is 0 Å². The molecular weight excluding hydrogens is 436 g/mol. The summed E-state index contributed by atoms with van der Waals surface area (Å²) in [4.78, 5) is 11.5. The fraction of sp³-hybridized carbons (Fsp3) is 0.774. The third kappa shape index (κ3) is 3.81. The van der Waals surface area contributed by atoms with Crippen molar-refractivity contribution in [1.82, 2.24) is 0 Å². The number of carbonyl (C=O) groups is 1.